The molecule has 0 aromatic carbocycles. The molecule has 0 radical (unpaired) electrons. The Kier molecular flexibility index (Phi) is 3.83. The minimum absolute atomic E-state index is 0. The molecule has 1 aromatic rings. The van der Waals surface area contributed by atoms with Crippen LogP contribution in [0.15, 0.2) is 6.07 Å². The van der Waals surface area contributed by atoms with Gasteiger partial charge in [-0.15, -0.1) is 12.4 Å². The van der Waals surface area contributed by atoms with E-state index in [9.17, 15) is 0 Å². The quantitative estimate of drug-likeness (QED) is 0.670. The molecule has 0 bridgehead atoms. The van der Waals surface area contributed by atoms with Crippen LogP contribution in [0, 0.1) is 0 Å². The van der Waals surface area contributed by atoms with E-state index in [0.29, 0.717) is 12.4 Å². The molecule has 1 heterocycles. The number of rotatable bonds is 2. The Labute approximate surface area is 65.2 Å². The molecule has 58 valence electrons. The average molecular weight is 164 g/mol. The number of hydrogen-bond donors (Lipinski definition) is 2. The van der Waals surface area contributed by atoms with Gasteiger partial charge in [0.1, 0.15) is 5.82 Å². The van der Waals surface area contributed by atoms with E-state index in [-0.39, 0.29) is 12.4 Å². The van der Waals surface area contributed by atoms with Crippen LogP contribution in [-0.4, -0.2) is 17.3 Å². The van der Waals surface area contributed by atoms with Gasteiger partial charge in [-0.1, -0.05) is 0 Å². The molecule has 0 saturated heterocycles. The second kappa shape index (κ2) is 4.14. The van der Waals surface area contributed by atoms with Crippen LogP contribution in [0.2, 0.25) is 0 Å². The lowest BCUT2D eigenvalue weighted by Gasteiger charge is -1.89. The average Bonchev–Trinajstić information content (AvgIpc) is 2.17. The molecular formula is C5H10ClN3O. The van der Waals surface area contributed by atoms with Crippen molar-refractivity contribution in [2.24, 2.45) is 0 Å². The molecule has 3 N–H and O–H groups in total. The van der Waals surface area contributed by atoms with Crippen molar-refractivity contribution in [3.8, 4) is 0 Å². The lowest BCUT2D eigenvalue weighted by atomic mass is 10.4. The molecule has 0 aliphatic heterocycles. The molecule has 4 nitrogen and oxygen atoms in total. The van der Waals surface area contributed by atoms with Gasteiger partial charge in [0.05, 0.1) is 12.3 Å². The summed E-state index contributed by atoms with van der Waals surface area (Å²) in [5.41, 5.74) is 6.21. The van der Waals surface area contributed by atoms with Crippen molar-refractivity contribution in [3.05, 3.63) is 11.8 Å². The Bertz CT molecular complexity index is 189. The minimum atomic E-state index is 0. The van der Waals surface area contributed by atoms with E-state index < -0.39 is 0 Å². The normalized spacial score (nSPS) is 8.90. The third-order valence-electron chi connectivity index (χ3n) is 0.951. The van der Waals surface area contributed by atoms with Gasteiger partial charge >= 0.3 is 0 Å². The van der Waals surface area contributed by atoms with Crippen molar-refractivity contribution in [2.45, 2.75) is 6.61 Å². The van der Waals surface area contributed by atoms with Gasteiger partial charge in [-0.2, -0.15) is 5.10 Å². The van der Waals surface area contributed by atoms with Crippen LogP contribution in [-0.2, 0) is 11.3 Å². The van der Waals surface area contributed by atoms with Crippen molar-refractivity contribution in [3.63, 3.8) is 0 Å². The minimum Gasteiger partial charge on any atom is -0.382 e. The van der Waals surface area contributed by atoms with Crippen LogP contribution < -0.4 is 5.73 Å². The number of nitrogens with zero attached hydrogens (tertiary/aromatic N) is 1. The maximum atomic E-state index is 5.31. The smallest absolute Gasteiger partial charge is 0.145 e. The first-order valence-electron chi connectivity index (χ1n) is 2.61. The number of aromatic nitrogens is 2. The van der Waals surface area contributed by atoms with Crippen molar-refractivity contribution in [1.82, 2.24) is 10.2 Å². The van der Waals surface area contributed by atoms with E-state index in [4.69, 9.17) is 10.5 Å². The largest absolute Gasteiger partial charge is 0.382 e. The van der Waals surface area contributed by atoms with Crippen LogP contribution in [0.25, 0.3) is 0 Å². The van der Waals surface area contributed by atoms with Crippen LogP contribution >= 0.6 is 12.4 Å². The summed E-state index contributed by atoms with van der Waals surface area (Å²) in [6, 6.07) is 1.74. The summed E-state index contributed by atoms with van der Waals surface area (Å²) in [5, 5.41) is 6.41. The molecule has 0 aliphatic rings. The summed E-state index contributed by atoms with van der Waals surface area (Å²) < 4.78 is 4.81. The van der Waals surface area contributed by atoms with Gasteiger partial charge in [-0.3, -0.25) is 5.10 Å². The molecule has 0 amide bonds. The van der Waals surface area contributed by atoms with Gasteiger partial charge in [-0.05, 0) is 0 Å². The molecule has 0 fully saturated rings. The van der Waals surface area contributed by atoms with Crippen molar-refractivity contribution < 1.29 is 4.74 Å². The lowest BCUT2D eigenvalue weighted by Crippen LogP contribution is -1.85. The van der Waals surface area contributed by atoms with Gasteiger partial charge < -0.3 is 10.5 Å². The highest BCUT2D eigenvalue weighted by Gasteiger charge is 1.93. The van der Waals surface area contributed by atoms with Gasteiger partial charge in [0.25, 0.3) is 0 Å². The molecule has 0 unspecified atom stereocenters. The van der Waals surface area contributed by atoms with E-state index in [0.717, 1.165) is 5.69 Å². The second-order valence-corrected chi connectivity index (χ2v) is 1.75. The fourth-order valence-corrected chi connectivity index (χ4v) is 0.609. The van der Waals surface area contributed by atoms with Gasteiger partial charge in [0.15, 0.2) is 0 Å². The summed E-state index contributed by atoms with van der Waals surface area (Å²) in [5.74, 6) is 0.502. The Morgan fingerprint density at radius 2 is 2.50 bits per heavy atom. The zero-order chi connectivity index (χ0) is 6.69. The number of halogens is 1. The molecule has 0 atom stereocenters. The fraction of sp³-hybridized carbons (Fsp3) is 0.400. The number of methoxy groups -OCH3 is 1. The molecular weight excluding hydrogens is 154 g/mol. The zero-order valence-corrected chi connectivity index (χ0v) is 6.44. The standard InChI is InChI=1S/C5H9N3O.ClH/c1-9-3-4-2-5(6)8-7-4;/h2H,3H2,1H3,(H3,6,7,8);1H. The van der Waals surface area contributed by atoms with Crippen molar-refractivity contribution in [1.29, 1.82) is 0 Å². The SMILES string of the molecule is COCc1cc(N)n[nH]1.Cl. The monoisotopic (exact) mass is 163 g/mol. The van der Waals surface area contributed by atoms with Crippen molar-refractivity contribution in [2.75, 3.05) is 12.8 Å². The number of anilines is 1. The number of aromatic amines is 1. The molecule has 0 aliphatic carbocycles. The van der Waals surface area contributed by atoms with E-state index in [1.165, 1.54) is 0 Å². The maximum Gasteiger partial charge on any atom is 0.145 e. The number of hydrogen-bond acceptors (Lipinski definition) is 3. The molecule has 5 heteroatoms. The zero-order valence-electron chi connectivity index (χ0n) is 5.63. The van der Waals surface area contributed by atoms with Crippen LogP contribution in [0.3, 0.4) is 0 Å². The maximum absolute atomic E-state index is 5.31. The predicted octanol–water partition coefficient (Wildman–Crippen LogP) is 0.560. The Morgan fingerprint density at radius 3 is 2.90 bits per heavy atom. The Hall–Kier alpha value is -0.740. The topological polar surface area (TPSA) is 63.9 Å². The van der Waals surface area contributed by atoms with Gasteiger partial charge in [0.2, 0.25) is 0 Å². The molecule has 1 rings (SSSR count). The third kappa shape index (κ3) is 2.24. The summed E-state index contributed by atoms with van der Waals surface area (Å²) in [6.45, 7) is 0.532. The van der Waals surface area contributed by atoms with E-state index >= 15 is 0 Å². The third-order valence-corrected chi connectivity index (χ3v) is 0.951. The highest BCUT2D eigenvalue weighted by molar-refractivity contribution is 5.85. The van der Waals surface area contributed by atoms with Crippen molar-refractivity contribution >= 4 is 18.2 Å². The number of H-pyrrole nitrogens is 1. The first-order valence-corrected chi connectivity index (χ1v) is 2.61. The fourth-order valence-electron chi connectivity index (χ4n) is 0.609. The molecule has 0 spiro atoms. The summed E-state index contributed by atoms with van der Waals surface area (Å²) >= 11 is 0. The Balaban J connectivity index is 0.000000810. The first kappa shape index (κ1) is 9.26. The summed E-state index contributed by atoms with van der Waals surface area (Å²) in [4.78, 5) is 0. The lowest BCUT2D eigenvalue weighted by molar-refractivity contribution is 0.181. The van der Waals surface area contributed by atoms with Crippen LogP contribution in [0.1, 0.15) is 5.69 Å². The van der Waals surface area contributed by atoms with Crippen LogP contribution in [0.4, 0.5) is 5.82 Å². The highest BCUT2D eigenvalue weighted by Crippen LogP contribution is 1.99. The highest BCUT2D eigenvalue weighted by atomic mass is 35.5. The second-order valence-electron chi connectivity index (χ2n) is 1.75. The molecule has 1 aromatic heterocycles. The number of nitrogen functional groups attached to an aromatic ring is 1. The summed E-state index contributed by atoms with van der Waals surface area (Å²) in [6.07, 6.45) is 0. The first-order chi connectivity index (χ1) is 4.33. The number of ether oxygens (including phenoxy) is 1. The van der Waals surface area contributed by atoms with E-state index in [1.54, 1.807) is 13.2 Å². The van der Waals surface area contributed by atoms with Gasteiger partial charge in [0, 0.05) is 13.2 Å². The number of nitrogens with two attached hydrogens (primary N) is 1. The van der Waals surface area contributed by atoms with E-state index in [1.807, 2.05) is 0 Å². The predicted molar refractivity (Wildman–Crippen MR) is 41.0 cm³/mol. The van der Waals surface area contributed by atoms with Crippen LogP contribution in [0.5, 0.6) is 0 Å². The number of nitrogens with one attached hydrogen (secondary N) is 1. The van der Waals surface area contributed by atoms with E-state index in [2.05, 4.69) is 10.2 Å². The molecule has 10 heavy (non-hydrogen) atoms. The Morgan fingerprint density at radius 1 is 1.80 bits per heavy atom. The summed E-state index contributed by atoms with van der Waals surface area (Å²) in [7, 11) is 1.62. The van der Waals surface area contributed by atoms with Gasteiger partial charge in [-0.25, -0.2) is 0 Å². The molecule has 0 saturated carbocycles.